The van der Waals surface area contributed by atoms with Crippen LogP contribution in [0.5, 0.6) is 5.75 Å². The SMILES string of the molecule is COc1ccc(S(=O)(=O)c2csc3c2NC(=O)C[C@@H]3c2cccc(F)c2)cc1. The zero-order valence-electron chi connectivity index (χ0n) is 14.8. The second-order valence-electron chi connectivity index (χ2n) is 6.38. The lowest BCUT2D eigenvalue weighted by molar-refractivity contribution is -0.116. The predicted octanol–water partition coefficient (Wildman–Crippen LogP) is 4.20. The standard InChI is InChI=1S/C20H16FNO4S2/c1-26-14-5-7-15(8-6-14)28(24,25)17-11-27-20-16(10-18(23)22-19(17)20)12-3-2-4-13(21)9-12/h2-9,11,16H,10H2,1H3,(H,22,23)/t16-/m1/s1. The molecule has 0 spiro atoms. The summed E-state index contributed by atoms with van der Waals surface area (Å²) in [4.78, 5) is 13.1. The van der Waals surface area contributed by atoms with E-state index in [0.717, 1.165) is 0 Å². The Labute approximate surface area is 165 Å². The molecule has 0 bridgehead atoms. The first kappa shape index (κ1) is 18.6. The van der Waals surface area contributed by atoms with E-state index in [4.69, 9.17) is 4.74 Å². The number of nitrogens with one attached hydrogen (secondary N) is 1. The summed E-state index contributed by atoms with van der Waals surface area (Å²) < 4.78 is 45.0. The minimum Gasteiger partial charge on any atom is -0.497 e. The third kappa shape index (κ3) is 3.18. The first-order valence-electron chi connectivity index (χ1n) is 8.46. The molecule has 144 valence electrons. The van der Waals surface area contributed by atoms with Crippen molar-refractivity contribution in [3.8, 4) is 5.75 Å². The minimum absolute atomic E-state index is 0.0483. The minimum atomic E-state index is -3.83. The Balaban J connectivity index is 1.80. The van der Waals surface area contributed by atoms with E-state index >= 15 is 0 Å². The van der Waals surface area contributed by atoms with Crippen LogP contribution >= 0.6 is 11.3 Å². The molecule has 1 aliphatic heterocycles. The summed E-state index contributed by atoms with van der Waals surface area (Å²) in [5.41, 5.74) is 0.928. The molecule has 1 aliphatic rings. The molecule has 4 rings (SSSR count). The predicted molar refractivity (Wildman–Crippen MR) is 104 cm³/mol. The fraction of sp³-hybridized carbons (Fsp3) is 0.150. The number of sulfone groups is 1. The van der Waals surface area contributed by atoms with E-state index in [9.17, 15) is 17.6 Å². The van der Waals surface area contributed by atoms with Crippen molar-refractivity contribution in [3.05, 3.63) is 70.2 Å². The van der Waals surface area contributed by atoms with Crippen LogP contribution in [-0.4, -0.2) is 21.4 Å². The van der Waals surface area contributed by atoms with Gasteiger partial charge in [-0.05, 0) is 42.0 Å². The van der Waals surface area contributed by atoms with Crippen LogP contribution in [0.15, 0.2) is 63.7 Å². The van der Waals surface area contributed by atoms with Gasteiger partial charge < -0.3 is 10.1 Å². The van der Waals surface area contributed by atoms with Gasteiger partial charge in [0.15, 0.2) is 0 Å². The highest BCUT2D eigenvalue weighted by Gasteiger charge is 2.34. The van der Waals surface area contributed by atoms with Crippen molar-refractivity contribution < 1.29 is 22.3 Å². The van der Waals surface area contributed by atoms with Gasteiger partial charge in [-0.3, -0.25) is 4.79 Å². The molecule has 1 N–H and O–H groups in total. The topological polar surface area (TPSA) is 72.5 Å². The second kappa shape index (κ2) is 7.03. The summed E-state index contributed by atoms with van der Waals surface area (Å²) in [6.07, 6.45) is 0.138. The number of amides is 1. The van der Waals surface area contributed by atoms with Crippen molar-refractivity contribution in [1.82, 2.24) is 0 Å². The average molecular weight is 417 g/mol. The molecule has 3 aromatic rings. The van der Waals surface area contributed by atoms with Crippen molar-refractivity contribution in [2.75, 3.05) is 12.4 Å². The lowest BCUT2D eigenvalue weighted by Gasteiger charge is -2.23. The van der Waals surface area contributed by atoms with Gasteiger partial charge in [0.2, 0.25) is 15.7 Å². The highest BCUT2D eigenvalue weighted by Crippen LogP contribution is 2.45. The number of ether oxygens (including phenoxy) is 1. The number of hydrogen-bond donors (Lipinski definition) is 1. The number of benzene rings is 2. The summed E-state index contributed by atoms with van der Waals surface area (Å²) >= 11 is 1.25. The molecule has 1 atom stereocenters. The van der Waals surface area contributed by atoms with Gasteiger partial charge in [-0.1, -0.05) is 12.1 Å². The monoisotopic (exact) mass is 417 g/mol. The largest absolute Gasteiger partial charge is 0.497 e. The Morgan fingerprint density at radius 3 is 2.61 bits per heavy atom. The van der Waals surface area contributed by atoms with Crippen molar-refractivity contribution >= 4 is 32.8 Å². The van der Waals surface area contributed by atoms with E-state index in [-0.39, 0.29) is 33.7 Å². The van der Waals surface area contributed by atoms with Gasteiger partial charge >= 0.3 is 0 Å². The molecule has 8 heteroatoms. The van der Waals surface area contributed by atoms with Crippen molar-refractivity contribution in [2.45, 2.75) is 22.1 Å². The third-order valence-corrected chi connectivity index (χ3v) is 7.71. The Bertz CT molecular complexity index is 1150. The van der Waals surface area contributed by atoms with Gasteiger partial charge in [-0.15, -0.1) is 11.3 Å². The zero-order valence-corrected chi connectivity index (χ0v) is 16.4. The number of thiophene rings is 1. The zero-order chi connectivity index (χ0) is 19.9. The number of fused-ring (bicyclic) bond motifs is 1. The fourth-order valence-corrected chi connectivity index (χ4v) is 6.18. The Morgan fingerprint density at radius 1 is 1.18 bits per heavy atom. The van der Waals surface area contributed by atoms with Crippen LogP contribution in [0, 0.1) is 5.82 Å². The van der Waals surface area contributed by atoms with E-state index in [0.29, 0.717) is 16.2 Å². The molecule has 28 heavy (non-hydrogen) atoms. The lowest BCUT2D eigenvalue weighted by atomic mass is 9.91. The maximum atomic E-state index is 13.7. The second-order valence-corrected chi connectivity index (χ2v) is 9.21. The van der Waals surface area contributed by atoms with Gasteiger partial charge in [0.1, 0.15) is 16.5 Å². The molecule has 0 fully saturated rings. The summed E-state index contributed by atoms with van der Waals surface area (Å²) in [6.45, 7) is 0. The average Bonchev–Trinajstić information content (AvgIpc) is 3.12. The molecule has 2 heterocycles. The van der Waals surface area contributed by atoms with E-state index in [1.54, 1.807) is 24.3 Å². The molecule has 1 amide bonds. The number of carbonyl (C=O) groups is 1. The molecule has 0 saturated carbocycles. The quantitative estimate of drug-likeness (QED) is 0.691. The van der Waals surface area contributed by atoms with Crippen molar-refractivity contribution in [3.63, 3.8) is 0 Å². The highest BCUT2D eigenvalue weighted by molar-refractivity contribution is 7.91. The molecule has 0 unspecified atom stereocenters. The van der Waals surface area contributed by atoms with Crippen LogP contribution in [0.3, 0.4) is 0 Å². The summed E-state index contributed by atoms with van der Waals surface area (Å²) in [7, 11) is -2.33. The van der Waals surface area contributed by atoms with Gasteiger partial charge in [-0.2, -0.15) is 0 Å². The Hall–Kier alpha value is -2.71. The van der Waals surface area contributed by atoms with Gasteiger partial charge in [-0.25, -0.2) is 12.8 Å². The van der Waals surface area contributed by atoms with Crippen LogP contribution in [0.1, 0.15) is 22.8 Å². The van der Waals surface area contributed by atoms with Gasteiger partial charge in [0.05, 0.1) is 17.7 Å². The number of anilines is 1. The molecule has 2 aromatic carbocycles. The number of hydrogen-bond acceptors (Lipinski definition) is 5. The number of rotatable bonds is 4. The highest BCUT2D eigenvalue weighted by atomic mass is 32.2. The molecule has 0 aliphatic carbocycles. The maximum Gasteiger partial charge on any atom is 0.225 e. The maximum absolute atomic E-state index is 13.7. The van der Waals surface area contributed by atoms with Crippen molar-refractivity contribution in [1.29, 1.82) is 0 Å². The smallest absolute Gasteiger partial charge is 0.225 e. The van der Waals surface area contributed by atoms with Crippen LogP contribution < -0.4 is 10.1 Å². The molecular formula is C20H16FNO4S2. The summed E-state index contributed by atoms with van der Waals surface area (Å²) in [5, 5.41) is 4.23. The van der Waals surface area contributed by atoms with E-state index in [2.05, 4.69) is 5.32 Å². The van der Waals surface area contributed by atoms with Crippen molar-refractivity contribution in [2.24, 2.45) is 0 Å². The van der Waals surface area contributed by atoms with E-state index < -0.39 is 15.7 Å². The number of carbonyl (C=O) groups excluding carboxylic acids is 1. The van der Waals surface area contributed by atoms with Crippen LogP contribution in [-0.2, 0) is 14.6 Å². The van der Waals surface area contributed by atoms with Crippen LogP contribution in [0.25, 0.3) is 0 Å². The summed E-state index contributed by atoms with van der Waals surface area (Å²) in [6, 6.07) is 12.1. The van der Waals surface area contributed by atoms with Gasteiger partial charge in [0.25, 0.3) is 0 Å². The molecule has 0 saturated heterocycles. The number of methoxy groups -OCH3 is 1. The van der Waals surface area contributed by atoms with E-state index in [1.165, 1.54) is 48.1 Å². The van der Waals surface area contributed by atoms with Crippen LogP contribution in [0.2, 0.25) is 0 Å². The van der Waals surface area contributed by atoms with Gasteiger partial charge in [0, 0.05) is 22.6 Å². The normalized spacial score (nSPS) is 16.4. The fourth-order valence-electron chi connectivity index (χ4n) is 3.28. The molecule has 5 nitrogen and oxygen atoms in total. The first-order valence-corrected chi connectivity index (χ1v) is 10.8. The third-order valence-electron chi connectivity index (χ3n) is 4.67. The Morgan fingerprint density at radius 2 is 1.93 bits per heavy atom. The molecule has 1 aromatic heterocycles. The lowest BCUT2D eigenvalue weighted by Crippen LogP contribution is -2.23. The molecule has 0 radical (unpaired) electrons. The van der Waals surface area contributed by atoms with Crippen LogP contribution in [0.4, 0.5) is 10.1 Å². The number of halogens is 1. The van der Waals surface area contributed by atoms with E-state index in [1.807, 2.05) is 0 Å². The molecular weight excluding hydrogens is 401 g/mol. The summed E-state index contributed by atoms with van der Waals surface area (Å²) in [5.74, 6) is -0.533. The Kier molecular flexibility index (Phi) is 4.68. The first-order chi connectivity index (χ1) is 13.4.